The van der Waals surface area contributed by atoms with Crippen molar-refractivity contribution in [2.45, 2.75) is 0 Å². The van der Waals surface area contributed by atoms with Gasteiger partial charge in [0.15, 0.2) is 0 Å². The maximum absolute atomic E-state index is 11.7. The third-order valence-corrected chi connectivity index (χ3v) is 3.04. The third kappa shape index (κ3) is 5.35. The molecule has 0 spiro atoms. The fourth-order valence-corrected chi connectivity index (χ4v) is 1.83. The molecule has 2 aromatic rings. The van der Waals surface area contributed by atoms with Gasteiger partial charge in [-0.25, -0.2) is 5.43 Å². The monoisotopic (exact) mass is 313 g/mol. The molecule has 0 aliphatic rings. The largest absolute Gasteiger partial charge is 0.497 e. The normalized spacial score (nSPS) is 10.3. The zero-order chi connectivity index (χ0) is 16.5. The Morgan fingerprint density at radius 3 is 2.52 bits per heavy atom. The van der Waals surface area contributed by atoms with Gasteiger partial charge in [-0.05, 0) is 42.0 Å². The Labute approximate surface area is 135 Å². The summed E-state index contributed by atoms with van der Waals surface area (Å²) in [6.45, 7) is 0.127. The number of amides is 1. The van der Waals surface area contributed by atoms with Gasteiger partial charge in [-0.2, -0.15) is 5.10 Å². The molecule has 2 N–H and O–H groups in total. The summed E-state index contributed by atoms with van der Waals surface area (Å²) < 4.78 is 10.2. The second-order valence-corrected chi connectivity index (χ2v) is 4.65. The lowest BCUT2D eigenvalue weighted by Crippen LogP contribution is -2.25. The fraction of sp³-hybridized carbons (Fsp3) is 0.176. The van der Waals surface area contributed by atoms with Gasteiger partial charge in [0.1, 0.15) is 11.5 Å². The zero-order valence-electron chi connectivity index (χ0n) is 13.1. The number of nitrogens with one attached hydrogen (secondary N) is 2. The Balaban J connectivity index is 1.78. The van der Waals surface area contributed by atoms with Crippen LogP contribution in [0.15, 0.2) is 53.6 Å². The van der Waals surface area contributed by atoms with Crippen LogP contribution in [0.1, 0.15) is 5.56 Å². The van der Waals surface area contributed by atoms with Crippen molar-refractivity contribution in [2.24, 2.45) is 5.10 Å². The van der Waals surface area contributed by atoms with Crippen LogP contribution in [0, 0.1) is 0 Å². The molecule has 0 aromatic heterocycles. The molecule has 0 saturated carbocycles. The number of hydrogen-bond donors (Lipinski definition) is 2. The van der Waals surface area contributed by atoms with Crippen LogP contribution in [-0.2, 0) is 4.79 Å². The quantitative estimate of drug-likeness (QED) is 0.607. The average Bonchev–Trinajstić information content (AvgIpc) is 2.60. The molecule has 6 nitrogen and oxygen atoms in total. The van der Waals surface area contributed by atoms with Crippen LogP contribution >= 0.6 is 0 Å². The molecule has 0 aliphatic carbocycles. The molecule has 2 aromatic carbocycles. The van der Waals surface area contributed by atoms with Gasteiger partial charge in [0.25, 0.3) is 5.91 Å². The molecule has 6 heteroatoms. The highest BCUT2D eigenvalue weighted by atomic mass is 16.5. The second-order valence-electron chi connectivity index (χ2n) is 4.65. The zero-order valence-corrected chi connectivity index (χ0v) is 13.1. The Morgan fingerprint density at radius 1 is 1.09 bits per heavy atom. The van der Waals surface area contributed by atoms with Gasteiger partial charge >= 0.3 is 0 Å². The first kappa shape index (κ1) is 16.4. The molecular weight excluding hydrogens is 294 g/mol. The first-order chi connectivity index (χ1) is 11.2. The summed E-state index contributed by atoms with van der Waals surface area (Å²) in [7, 11) is 3.21. The lowest BCUT2D eigenvalue weighted by molar-refractivity contribution is -0.119. The number of rotatable bonds is 7. The van der Waals surface area contributed by atoms with E-state index in [1.807, 2.05) is 48.5 Å². The van der Waals surface area contributed by atoms with E-state index in [0.717, 1.165) is 22.7 Å². The van der Waals surface area contributed by atoms with E-state index < -0.39 is 0 Å². The molecule has 120 valence electrons. The number of nitrogens with zero attached hydrogens (tertiary/aromatic N) is 1. The van der Waals surface area contributed by atoms with Crippen molar-refractivity contribution >= 4 is 17.8 Å². The van der Waals surface area contributed by atoms with E-state index in [4.69, 9.17) is 9.47 Å². The molecule has 0 unspecified atom stereocenters. The molecule has 0 fully saturated rings. The third-order valence-electron chi connectivity index (χ3n) is 3.04. The van der Waals surface area contributed by atoms with Crippen molar-refractivity contribution in [1.82, 2.24) is 5.43 Å². The predicted octanol–water partition coefficient (Wildman–Crippen LogP) is 2.27. The number of benzene rings is 2. The Kier molecular flexibility index (Phi) is 5.99. The maximum Gasteiger partial charge on any atom is 0.259 e. The molecular formula is C17H19N3O3. The van der Waals surface area contributed by atoms with Crippen LogP contribution in [0.2, 0.25) is 0 Å². The second kappa shape index (κ2) is 8.43. The molecule has 23 heavy (non-hydrogen) atoms. The molecule has 0 heterocycles. The lowest BCUT2D eigenvalue weighted by Gasteiger charge is -2.06. The molecule has 2 rings (SSSR count). The lowest BCUT2D eigenvalue weighted by atomic mass is 10.2. The van der Waals surface area contributed by atoms with Crippen molar-refractivity contribution in [3.8, 4) is 11.5 Å². The predicted molar refractivity (Wildman–Crippen MR) is 90.2 cm³/mol. The number of carbonyl (C=O) groups is 1. The van der Waals surface area contributed by atoms with Crippen molar-refractivity contribution in [2.75, 3.05) is 26.1 Å². The topological polar surface area (TPSA) is 72.0 Å². The standard InChI is InChI=1S/C17H19N3O3/c1-22-15-8-6-14(7-9-15)18-12-17(21)20-19-11-13-4-3-5-16(10-13)23-2/h3-11,18H,12H2,1-2H3,(H,20,21)/b19-11+. The van der Waals surface area contributed by atoms with Crippen molar-refractivity contribution < 1.29 is 14.3 Å². The Morgan fingerprint density at radius 2 is 1.83 bits per heavy atom. The van der Waals surface area contributed by atoms with Gasteiger partial charge in [-0.15, -0.1) is 0 Å². The smallest absolute Gasteiger partial charge is 0.259 e. The fourth-order valence-electron chi connectivity index (χ4n) is 1.83. The molecule has 0 saturated heterocycles. The highest BCUT2D eigenvalue weighted by Crippen LogP contribution is 2.14. The maximum atomic E-state index is 11.7. The van der Waals surface area contributed by atoms with Crippen molar-refractivity contribution in [3.63, 3.8) is 0 Å². The summed E-state index contributed by atoms with van der Waals surface area (Å²) in [5.74, 6) is 1.27. The Hall–Kier alpha value is -3.02. The van der Waals surface area contributed by atoms with Gasteiger partial charge in [0.2, 0.25) is 0 Å². The summed E-state index contributed by atoms with van der Waals surface area (Å²) in [6, 6.07) is 14.7. The van der Waals surface area contributed by atoms with E-state index in [2.05, 4.69) is 15.8 Å². The van der Waals surface area contributed by atoms with Crippen LogP contribution in [-0.4, -0.2) is 32.9 Å². The summed E-state index contributed by atoms with van der Waals surface area (Å²) in [6.07, 6.45) is 1.56. The highest BCUT2D eigenvalue weighted by molar-refractivity contribution is 5.84. The van der Waals surface area contributed by atoms with E-state index in [1.54, 1.807) is 20.4 Å². The van der Waals surface area contributed by atoms with Crippen LogP contribution in [0.4, 0.5) is 5.69 Å². The summed E-state index contributed by atoms with van der Waals surface area (Å²) in [5, 5.41) is 6.92. The number of anilines is 1. The minimum atomic E-state index is -0.236. The average molecular weight is 313 g/mol. The van der Waals surface area contributed by atoms with Gasteiger partial charge < -0.3 is 14.8 Å². The minimum absolute atomic E-state index is 0.127. The number of methoxy groups -OCH3 is 2. The van der Waals surface area contributed by atoms with Crippen molar-refractivity contribution in [1.29, 1.82) is 0 Å². The number of ether oxygens (including phenoxy) is 2. The number of hydrogen-bond acceptors (Lipinski definition) is 5. The SMILES string of the molecule is COc1ccc(NCC(=O)N/N=C/c2cccc(OC)c2)cc1. The van der Waals surface area contributed by atoms with E-state index in [9.17, 15) is 4.79 Å². The van der Waals surface area contributed by atoms with Crippen LogP contribution < -0.4 is 20.2 Å². The summed E-state index contributed by atoms with van der Waals surface area (Å²) in [4.78, 5) is 11.7. The van der Waals surface area contributed by atoms with Crippen LogP contribution in [0.25, 0.3) is 0 Å². The molecule has 0 radical (unpaired) electrons. The van der Waals surface area contributed by atoms with Gasteiger partial charge in [-0.1, -0.05) is 12.1 Å². The van der Waals surface area contributed by atoms with Gasteiger partial charge in [0.05, 0.1) is 27.0 Å². The van der Waals surface area contributed by atoms with E-state index in [0.29, 0.717) is 0 Å². The molecule has 1 amide bonds. The van der Waals surface area contributed by atoms with Crippen molar-refractivity contribution in [3.05, 3.63) is 54.1 Å². The van der Waals surface area contributed by atoms with E-state index >= 15 is 0 Å². The molecule has 0 aliphatic heterocycles. The number of hydrazone groups is 1. The van der Waals surface area contributed by atoms with Gasteiger partial charge in [-0.3, -0.25) is 4.79 Å². The molecule has 0 bridgehead atoms. The van der Waals surface area contributed by atoms with Crippen LogP contribution in [0.5, 0.6) is 11.5 Å². The first-order valence-electron chi connectivity index (χ1n) is 7.05. The van der Waals surface area contributed by atoms with Gasteiger partial charge in [0, 0.05) is 5.69 Å². The number of carbonyl (C=O) groups excluding carboxylic acids is 1. The summed E-state index contributed by atoms with van der Waals surface area (Å²) >= 11 is 0. The first-order valence-corrected chi connectivity index (χ1v) is 7.05. The summed E-state index contributed by atoms with van der Waals surface area (Å²) in [5.41, 5.74) is 4.14. The molecule has 0 atom stereocenters. The highest BCUT2D eigenvalue weighted by Gasteiger charge is 2.00. The van der Waals surface area contributed by atoms with E-state index in [1.165, 1.54) is 0 Å². The minimum Gasteiger partial charge on any atom is -0.497 e. The van der Waals surface area contributed by atoms with Crippen LogP contribution in [0.3, 0.4) is 0 Å². The Bertz CT molecular complexity index is 669. The van der Waals surface area contributed by atoms with E-state index in [-0.39, 0.29) is 12.5 Å².